The van der Waals surface area contributed by atoms with Gasteiger partial charge in [0.15, 0.2) is 0 Å². The van der Waals surface area contributed by atoms with Gasteiger partial charge < -0.3 is 9.47 Å². The Labute approximate surface area is 125 Å². The third kappa shape index (κ3) is 2.21. The van der Waals surface area contributed by atoms with Gasteiger partial charge in [-0.2, -0.15) is 0 Å². The number of allylic oxidation sites excluding steroid dienone is 1. The van der Waals surface area contributed by atoms with Crippen molar-refractivity contribution in [1.29, 1.82) is 0 Å². The van der Waals surface area contributed by atoms with Gasteiger partial charge in [-0.3, -0.25) is 4.79 Å². The highest BCUT2D eigenvalue weighted by atomic mass is 16.6. The Balaban J connectivity index is 2.04. The standard InChI is InChI=1S/C17H22O4/c1-8-5-6-12-9(2)7-13(20-11(4)18)15-10(3)17(19)21-16(15)14(8)12/h9,12-13,15-16H,3,5-7H2,1-2,4H3/t9-,12-,13-,15+,16-/m0/s1. The zero-order valence-electron chi connectivity index (χ0n) is 12.8. The first-order valence-corrected chi connectivity index (χ1v) is 7.66. The fraction of sp³-hybridized carbons (Fsp3) is 0.647. The summed E-state index contributed by atoms with van der Waals surface area (Å²) in [6.45, 7) is 9.63. The summed E-state index contributed by atoms with van der Waals surface area (Å²) in [7, 11) is 0. The van der Waals surface area contributed by atoms with E-state index in [4.69, 9.17) is 9.47 Å². The molecule has 0 spiro atoms. The van der Waals surface area contributed by atoms with Gasteiger partial charge in [-0.1, -0.05) is 19.1 Å². The number of fused-ring (bicyclic) bond motifs is 3. The maximum Gasteiger partial charge on any atom is 0.334 e. The van der Waals surface area contributed by atoms with E-state index in [-0.39, 0.29) is 30.1 Å². The molecule has 0 radical (unpaired) electrons. The molecule has 1 saturated carbocycles. The third-order valence-electron chi connectivity index (χ3n) is 5.26. The summed E-state index contributed by atoms with van der Waals surface area (Å²) in [6.07, 6.45) is 2.33. The summed E-state index contributed by atoms with van der Waals surface area (Å²) in [6, 6.07) is 0. The van der Waals surface area contributed by atoms with E-state index < -0.39 is 0 Å². The first-order chi connectivity index (χ1) is 9.90. The van der Waals surface area contributed by atoms with E-state index in [1.165, 1.54) is 18.1 Å². The molecule has 2 fully saturated rings. The van der Waals surface area contributed by atoms with Crippen molar-refractivity contribution in [3.05, 3.63) is 23.3 Å². The summed E-state index contributed by atoms with van der Waals surface area (Å²) >= 11 is 0. The molecule has 1 saturated heterocycles. The highest BCUT2D eigenvalue weighted by Gasteiger charge is 2.52. The van der Waals surface area contributed by atoms with Gasteiger partial charge >= 0.3 is 11.9 Å². The summed E-state index contributed by atoms with van der Waals surface area (Å²) in [5.74, 6) is -0.0360. The Morgan fingerprint density at radius 3 is 2.81 bits per heavy atom. The third-order valence-corrected chi connectivity index (χ3v) is 5.26. The van der Waals surface area contributed by atoms with Crippen molar-refractivity contribution in [3.8, 4) is 0 Å². The van der Waals surface area contributed by atoms with Crippen LogP contribution in [0.1, 0.15) is 40.0 Å². The number of ether oxygens (including phenoxy) is 2. The Bertz CT molecular complexity index is 545. The van der Waals surface area contributed by atoms with Gasteiger partial charge in [0.2, 0.25) is 0 Å². The Hall–Kier alpha value is -1.58. The van der Waals surface area contributed by atoms with Crippen LogP contribution in [-0.2, 0) is 19.1 Å². The van der Waals surface area contributed by atoms with E-state index in [1.807, 2.05) is 0 Å². The van der Waals surface area contributed by atoms with Gasteiger partial charge in [-0.15, -0.1) is 0 Å². The van der Waals surface area contributed by atoms with Crippen molar-refractivity contribution < 1.29 is 19.1 Å². The van der Waals surface area contributed by atoms with Gasteiger partial charge in [-0.25, -0.2) is 4.79 Å². The summed E-state index contributed by atoms with van der Waals surface area (Å²) in [5.41, 5.74) is 3.04. The van der Waals surface area contributed by atoms with Crippen LogP contribution in [0.3, 0.4) is 0 Å². The van der Waals surface area contributed by atoms with E-state index in [9.17, 15) is 9.59 Å². The monoisotopic (exact) mass is 290 g/mol. The molecule has 3 rings (SSSR count). The molecule has 114 valence electrons. The van der Waals surface area contributed by atoms with Crippen LogP contribution < -0.4 is 0 Å². The Kier molecular flexibility index (Phi) is 3.42. The largest absolute Gasteiger partial charge is 0.462 e. The Morgan fingerprint density at radius 1 is 1.43 bits per heavy atom. The van der Waals surface area contributed by atoms with Crippen molar-refractivity contribution in [2.24, 2.45) is 17.8 Å². The van der Waals surface area contributed by atoms with Crippen LogP contribution in [0.15, 0.2) is 23.3 Å². The minimum atomic E-state index is -0.345. The summed E-state index contributed by atoms with van der Waals surface area (Å²) in [4.78, 5) is 23.4. The van der Waals surface area contributed by atoms with Crippen molar-refractivity contribution >= 4 is 11.9 Å². The highest BCUT2D eigenvalue weighted by molar-refractivity contribution is 5.91. The molecule has 21 heavy (non-hydrogen) atoms. The van der Waals surface area contributed by atoms with Gasteiger partial charge in [0.1, 0.15) is 12.2 Å². The van der Waals surface area contributed by atoms with E-state index in [0.717, 1.165) is 19.3 Å². The second kappa shape index (κ2) is 5.00. The van der Waals surface area contributed by atoms with Crippen molar-refractivity contribution in [2.45, 2.75) is 52.2 Å². The molecule has 0 unspecified atom stereocenters. The average molecular weight is 290 g/mol. The predicted octanol–water partition coefficient (Wildman–Crippen LogP) is 2.78. The SMILES string of the molecule is C=C1C(=O)O[C@H]2C3=C(C)CC[C@H]3[C@@H](C)C[C@H](OC(C)=O)[C@@H]12. The number of hydrogen-bond acceptors (Lipinski definition) is 4. The lowest BCUT2D eigenvalue weighted by molar-refractivity contribution is -0.149. The quantitative estimate of drug-likeness (QED) is 0.423. The van der Waals surface area contributed by atoms with Crippen molar-refractivity contribution in [1.82, 2.24) is 0 Å². The van der Waals surface area contributed by atoms with Crippen LogP contribution >= 0.6 is 0 Å². The molecule has 2 aliphatic carbocycles. The lowest BCUT2D eigenvalue weighted by Gasteiger charge is -2.25. The highest BCUT2D eigenvalue weighted by Crippen LogP contribution is 2.50. The minimum absolute atomic E-state index is 0.225. The first-order valence-electron chi connectivity index (χ1n) is 7.66. The molecule has 1 aliphatic heterocycles. The van der Waals surface area contributed by atoms with Gasteiger partial charge in [0.05, 0.1) is 5.92 Å². The van der Waals surface area contributed by atoms with E-state index in [1.54, 1.807) is 0 Å². The maximum atomic E-state index is 12.0. The lowest BCUT2D eigenvalue weighted by atomic mass is 9.85. The smallest absolute Gasteiger partial charge is 0.334 e. The first kappa shape index (κ1) is 14.4. The molecule has 0 amide bonds. The summed E-state index contributed by atoms with van der Waals surface area (Å²) < 4.78 is 11.1. The number of rotatable bonds is 1. The van der Waals surface area contributed by atoms with Crippen LogP contribution in [0.4, 0.5) is 0 Å². The van der Waals surface area contributed by atoms with E-state index in [2.05, 4.69) is 20.4 Å². The van der Waals surface area contributed by atoms with Crippen molar-refractivity contribution in [2.75, 3.05) is 0 Å². The molecule has 0 aromatic rings. The molecule has 1 heterocycles. The van der Waals surface area contributed by atoms with Crippen LogP contribution in [0, 0.1) is 17.8 Å². The molecule has 5 atom stereocenters. The molecule has 3 aliphatic rings. The zero-order valence-corrected chi connectivity index (χ0v) is 12.8. The fourth-order valence-electron chi connectivity index (χ4n) is 4.30. The zero-order chi connectivity index (χ0) is 15.3. The fourth-order valence-corrected chi connectivity index (χ4v) is 4.30. The maximum absolute atomic E-state index is 12.0. The molecule has 0 bridgehead atoms. The molecular formula is C17H22O4. The molecular weight excluding hydrogens is 268 g/mol. The van der Waals surface area contributed by atoms with Crippen LogP contribution in [0.25, 0.3) is 0 Å². The molecule has 0 aromatic heterocycles. The molecule has 4 heteroatoms. The van der Waals surface area contributed by atoms with Crippen LogP contribution in [0.2, 0.25) is 0 Å². The molecule has 4 nitrogen and oxygen atoms in total. The second-order valence-corrected chi connectivity index (χ2v) is 6.62. The van der Waals surface area contributed by atoms with E-state index >= 15 is 0 Å². The number of hydrogen-bond donors (Lipinski definition) is 0. The van der Waals surface area contributed by atoms with Crippen molar-refractivity contribution in [3.63, 3.8) is 0 Å². The topological polar surface area (TPSA) is 52.6 Å². The van der Waals surface area contributed by atoms with Gasteiger partial charge in [0.25, 0.3) is 0 Å². The number of esters is 2. The van der Waals surface area contributed by atoms with Crippen LogP contribution in [-0.4, -0.2) is 24.1 Å². The van der Waals surface area contributed by atoms with E-state index in [0.29, 0.717) is 17.4 Å². The molecule has 0 aromatic carbocycles. The second-order valence-electron chi connectivity index (χ2n) is 6.62. The predicted molar refractivity (Wildman–Crippen MR) is 77.3 cm³/mol. The number of carbonyl (C=O) groups is 2. The average Bonchev–Trinajstić information content (AvgIpc) is 2.86. The van der Waals surface area contributed by atoms with Gasteiger partial charge in [0, 0.05) is 12.5 Å². The Morgan fingerprint density at radius 2 is 2.14 bits per heavy atom. The summed E-state index contributed by atoms with van der Waals surface area (Å²) in [5, 5.41) is 0. The minimum Gasteiger partial charge on any atom is -0.462 e. The normalized spacial score (nSPS) is 38.7. The van der Waals surface area contributed by atoms with Crippen LogP contribution in [0.5, 0.6) is 0 Å². The molecule has 0 N–H and O–H groups in total. The van der Waals surface area contributed by atoms with Gasteiger partial charge in [-0.05, 0) is 43.6 Å². The number of carbonyl (C=O) groups excluding carboxylic acids is 2. The lowest BCUT2D eigenvalue weighted by Crippen LogP contribution is -2.32.